The van der Waals surface area contributed by atoms with Crippen LogP contribution in [0.25, 0.3) is 6.08 Å². The Kier molecular flexibility index (Phi) is 7.34. The number of methoxy groups -OCH3 is 1. The van der Waals surface area contributed by atoms with E-state index in [1.165, 1.54) is 0 Å². The van der Waals surface area contributed by atoms with Crippen molar-refractivity contribution in [3.63, 3.8) is 0 Å². The quantitative estimate of drug-likeness (QED) is 0.450. The van der Waals surface area contributed by atoms with Gasteiger partial charge in [0.1, 0.15) is 0 Å². The molecule has 2 amide bonds. The van der Waals surface area contributed by atoms with E-state index in [0.29, 0.717) is 44.5 Å². The average Bonchev–Trinajstić information content (AvgIpc) is 2.96. The molecule has 8 heteroatoms. The molecule has 3 rings (SSSR count). The Morgan fingerprint density at radius 1 is 1.10 bits per heavy atom. The molecule has 5 nitrogen and oxygen atoms in total. The van der Waals surface area contributed by atoms with Gasteiger partial charge in [0.25, 0.3) is 11.1 Å². The van der Waals surface area contributed by atoms with Gasteiger partial charge in [-0.2, -0.15) is 0 Å². The molecule has 1 fully saturated rings. The smallest absolute Gasteiger partial charge is 0.293 e. The number of ether oxygens (including phenoxy) is 2. The summed E-state index contributed by atoms with van der Waals surface area (Å²) in [6, 6.07) is 10.4. The fourth-order valence-corrected chi connectivity index (χ4v) is 4.13. The van der Waals surface area contributed by atoms with Gasteiger partial charge in [-0.05, 0) is 53.6 Å². The topological polar surface area (TPSA) is 55.8 Å². The molecular weight excluding hydrogens is 445 g/mol. The van der Waals surface area contributed by atoms with E-state index < -0.39 is 0 Å². The van der Waals surface area contributed by atoms with E-state index in [1.54, 1.807) is 43.5 Å². The highest BCUT2D eigenvalue weighted by Crippen LogP contribution is 2.37. The van der Waals surface area contributed by atoms with Gasteiger partial charge < -0.3 is 9.47 Å². The summed E-state index contributed by atoms with van der Waals surface area (Å²) in [5, 5.41) is 0.450. The molecule has 1 saturated heterocycles. The number of carbonyl (C=O) groups excluding carboxylic acids is 2. The van der Waals surface area contributed by atoms with E-state index in [9.17, 15) is 9.59 Å². The Morgan fingerprint density at radius 2 is 1.80 bits per heavy atom. The molecule has 1 heterocycles. The van der Waals surface area contributed by atoms with E-state index in [0.717, 1.165) is 22.2 Å². The van der Waals surface area contributed by atoms with Gasteiger partial charge in [0.15, 0.2) is 11.5 Å². The highest BCUT2D eigenvalue weighted by atomic mass is 35.5. The summed E-state index contributed by atoms with van der Waals surface area (Å²) in [5.41, 5.74) is 1.27. The molecule has 0 saturated carbocycles. The minimum absolute atomic E-state index is 0.0197. The number of benzene rings is 2. The molecule has 0 bridgehead atoms. The number of imide groups is 1. The Bertz CT molecular complexity index is 986. The number of hydrogen-bond acceptors (Lipinski definition) is 5. The second kappa shape index (κ2) is 9.77. The molecule has 1 aliphatic heterocycles. The minimum Gasteiger partial charge on any atom is -0.493 e. The Morgan fingerprint density at radius 3 is 2.43 bits per heavy atom. The van der Waals surface area contributed by atoms with Crippen LogP contribution in [0.5, 0.6) is 11.5 Å². The summed E-state index contributed by atoms with van der Waals surface area (Å²) in [7, 11) is 1.56. The lowest BCUT2D eigenvalue weighted by atomic mass is 10.1. The van der Waals surface area contributed by atoms with E-state index in [4.69, 9.17) is 32.7 Å². The number of halogens is 2. The predicted molar refractivity (Wildman–Crippen MR) is 121 cm³/mol. The molecular formula is C22H21Cl2NO4S. The maximum absolute atomic E-state index is 12.8. The van der Waals surface area contributed by atoms with Gasteiger partial charge in [-0.15, -0.1) is 0 Å². The van der Waals surface area contributed by atoms with Gasteiger partial charge in [0.05, 0.1) is 25.2 Å². The first kappa shape index (κ1) is 22.5. The van der Waals surface area contributed by atoms with Crippen LogP contribution in [-0.2, 0) is 11.3 Å². The largest absolute Gasteiger partial charge is 0.493 e. The molecule has 158 valence electrons. The lowest BCUT2D eigenvalue weighted by molar-refractivity contribution is -0.123. The number of hydrogen-bond donors (Lipinski definition) is 0. The van der Waals surface area contributed by atoms with Gasteiger partial charge in [0, 0.05) is 15.6 Å². The molecule has 0 atom stereocenters. The summed E-state index contributed by atoms with van der Waals surface area (Å²) in [6.07, 6.45) is 1.66. The third-order valence-corrected chi connectivity index (χ3v) is 5.92. The summed E-state index contributed by atoms with van der Waals surface area (Å²) in [5.74, 6) is 1.18. The van der Waals surface area contributed by atoms with Crippen molar-refractivity contribution in [2.45, 2.75) is 20.4 Å². The van der Waals surface area contributed by atoms with E-state index in [2.05, 4.69) is 13.8 Å². The molecule has 0 unspecified atom stereocenters. The van der Waals surface area contributed by atoms with Crippen LogP contribution in [0.15, 0.2) is 41.3 Å². The van der Waals surface area contributed by atoms with Crippen LogP contribution in [0.3, 0.4) is 0 Å². The third-order valence-electron chi connectivity index (χ3n) is 4.31. The summed E-state index contributed by atoms with van der Waals surface area (Å²) in [4.78, 5) is 26.7. The maximum atomic E-state index is 12.8. The first-order valence-electron chi connectivity index (χ1n) is 9.29. The summed E-state index contributed by atoms with van der Waals surface area (Å²) >= 11 is 13.2. The van der Waals surface area contributed by atoms with Crippen LogP contribution in [0.4, 0.5) is 4.79 Å². The van der Waals surface area contributed by atoms with Crippen molar-refractivity contribution < 1.29 is 19.1 Å². The van der Waals surface area contributed by atoms with Gasteiger partial charge >= 0.3 is 0 Å². The third kappa shape index (κ3) is 5.12. The molecule has 2 aromatic carbocycles. The van der Waals surface area contributed by atoms with E-state index in [-0.39, 0.29) is 17.7 Å². The highest BCUT2D eigenvalue weighted by Gasteiger charge is 2.35. The molecule has 30 heavy (non-hydrogen) atoms. The second-order valence-corrected chi connectivity index (χ2v) is 8.89. The Labute approximate surface area is 189 Å². The number of rotatable bonds is 7. The lowest BCUT2D eigenvalue weighted by Gasteiger charge is -2.14. The van der Waals surface area contributed by atoms with Gasteiger partial charge in [-0.3, -0.25) is 14.5 Å². The minimum atomic E-state index is -0.389. The van der Waals surface area contributed by atoms with Crippen LogP contribution >= 0.6 is 35.0 Å². The van der Waals surface area contributed by atoms with Crippen LogP contribution in [-0.4, -0.2) is 29.8 Å². The van der Waals surface area contributed by atoms with Crippen molar-refractivity contribution in [3.8, 4) is 11.5 Å². The zero-order valence-corrected chi connectivity index (χ0v) is 19.1. The molecule has 2 aromatic rings. The monoisotopic (exact) mass is 465 g/mol. The van der Waals surface area contributed by atoms with Crippen LogP contribution in [0.1, 0.15) is 25.0 Å². The van der Waals surface area contributed by atoms with Crippen molar-refractivity contribution >= 4 is 52.2 Å². The number of nitrogens with zero attached hydrogens (tertiary/aromatic N) is 1. The van der Waals surface area contributed by atoms with Gasteiger partial charge in [-0.25, -0.2) is 0 Å². The molecule has 0 spiro atoms. The average molecular weight is 466 g/mol. The van der Waals surface area contributed by atoms with Crippen LogP contribution < -0.4 is 9.47 Å². The van der Waals surface area contributed by atoms with Crippen LogP contribution in [0.2, 0.25) is 10.0 Å². The lowest BCUT2D eigenvalue weighted by Crippen LogP contribution is -2.27. The van der Waals surface area contributed by atoms with Crippen molar-refractivity contribution in [3.05, 3.63) is 62.5 Å². The fraction of sp³-hybridized carbons (Fsp3) is 0.273. The second-order valence-electron chi connectivity index (χ2n) is 7.08. The summed E-state index contributed by atoms with van der Waals surface area (Å²) < 4.78 is 11.2. The predicted octanol–water partition coefficient (Wildman–Crippen LogP) is 6.27. The van der Waals surface area contributed by atoms with Crippen molar-refractivity contribution in [2.24, 2.45) is 5.92 Å². The maximum Gasteiger partial charge on any atom is 0.293 e. The summed E-state index contributed by atoms with van der Waals surface area (Å²) in [6.45, 7) is 4.71. The number of thioether (sulfide) groups is 1. The first-order chi connectivity index (χ1) is 14.3. The standard InChI is InChI=1S/C22H21Cl2NO4S/c1-13(2)12-29-18-8-7-14(9-19(18)28-3)10-20-21(26)25(22(27)30-20)11-15-16(23)5-4-6-17(15)24/h4-10,13H,11-12H2,1-3H3/b20-10-. The highest BCUT2D eigenvalue weighted by molar-refractivity contribution is 8.18. The van der Waals surface area contributed by atoms with E-state index in [1.807, 2.05) is 6.07 Å². The zero-order chi connectivity index (χ0) is 21.8. The van der Waals surface area contributed by atoms with Gasteiger partial charge in [0.2, 0.25) is 0 Å². The first-order valence-corrected chi connectivity index (χ1v) is 10.9. The van der Waals surface area contributed by atoms with Crippen molar-refractivity contribution in [1.29, 1.82) is 0 Å². The normalized spacial score (nSPS) is 15.4. The molecule has 0 N–H and O–H groups in total. The SMILES string of the molecule is COc1cc(/C=C2\SC(=O)N(Cc3c(Cl)cccc3Cl)C2=O)ccc1OCC(C)C. The molecule has 0 radical (unpaired) electrons. The Balaban J connectivity index is 1.81. The van der Waals surface area contributed by atoms with Crippen molar-refractivity contribution in [2.75, 3.05) is 13.7 Å². The van der Waals surface area contributed by atoms with Gasteiger partial charge in [-0.1, -0.05) is 49.2 Å². The molecule has 0 aromatic heterocycles. The number of carbonyl (C=O) groups is 2. The Hall–Kier alpha value is -2.15. The number of amides is 2. The fourth-order valence-electron chi connectivity index (χ4n) is 2.78. The molecule has 1 aliphatic rings. The van der Waals surface area contributed by atoms with Crippen LogP contribution in [0, 0.1) is 5.92 Å². The van der Waals surface area contributed by atoms with E-state index >= 15 is 0 Å². The molecule has 0 aliphatic carbocycles. The van der Waals surface area contributed by atoms with Crippen molar-refractivity contribution in [1.82, 2.24) is 4.90 Å². The zero-order valence-electron chi connectivity index (χ0n) is 16.8.